The molecule has 3 aromatic rings. The lowest BCUT2D eigenvalue weighted by molar-refractivity contribution is 0.341. The summed E-state index contributed by atoms with van der Waals surface area (Å²) in [4.78, 5) is 13.1. The molecule has 0 spiro atoms. The molecule has 1 aromatic carbocycles. The maximum atomic E-state index is 5.81. The minimum atomic E-state index is 0.408. The van der Waals surface area contributed by atoms with Gasteiger partial charge in [-0.1, -0.05) is 20.8 Å². The van der Waals surface area contributed by atoms with Gasteiger partial charge >= 0.3 is 0 Å². The second-order valence-corrected chi connectivity index (χ2v) is 6.66. The Morgan fingerprint density at radius 3 is 2.64 bits per heavy atom. The van der Waals surface area contributed by atoms with Crippen LogP contribution in [0.1, 0.15) is 52.1 Å². The van der Waals surface area contributed by atoms with E-state index in [1.807, 2.05) is 13.0 Å². The van der Waals surface area contributed by atoms with Crippen LogP contribution in [0.2, 0.25) is 0 Å². The van der Waals surface area contributed by atoms with Gasteiger partial charge < -0.3 is 9.15 Å². The number of ether oxygens (including phenoxy) is 1. The van der Waals surface area contributed by atoms with Crippen molar-refractivity contribution in [1.82, 2.24) is 15.0 Å². The number of rotatable bonds is 7. The van der Waals surface area contributed by atoms with Crippen molar-refractivity contribution < 1.29 is 9.15 Å². The zero-order valence-corrected chi connectivity index (χ0v) is 15.3. The third kappa shape index (κ3) is 3.65. The Morgan fingerprint density at radius 1 is 1.16 bits per heavy atom. The van der Waals surface area contributed by atoms with Crippen molar-refractivity contribution in [2.24, 2.45) is 5.92 Å². The lowest BCUT2D eigenvalue weighted by Crippen LogP contribution is -2.06. The first-order valence-electron chi connectivity index (χ1n) is 8.94. The van der Waals surface area contributed by atoms with Crippen LogP contribution >= 0.6 is 0 Å². The third-order valence-electron chi connectivity index (χ3n) is 4.40. The van der Waals surface area contributed by atoms with E-state index in [0.29, 0.717) is 24.2 Å². The van der Waals surface area contributed by atoms with Crippen LogP contribution in [-0.4, -0.2) is 21.6 Å². The molecule has 0 radical (unpaired) electrons. The molecule has 0 amide bonds. The molecule has 0 aliphatic rings. The average molecular weight is 339 g/mol. The molecule has 0 bridgehead atoms. The third-order valence-corrected chi connectivity index (χ3v) is 4.40. The molecule has 2 aromatic heterocycles. The predicted octanol–water partition coefficient (Wildman–Crippen LogP) is 5.22. The molecule has 0 aliphatic carbocycles. The number of hydrogen-bond donors (Lipinski definition) is 0. The minimum absolute atomic E-state index is 0.408. The molecular weight excluding hydrogens is 314 g/mol. The van der Waals surface area contributed by atoms with E-state index in [9.17, 15) is 0 Å². The van der Waals surface area contributed by atoms with E-state index in [1.165, 1.54) is 6.39 Å². The van der Waals surface area contributed by atoms with Crippen molar-refractivity contribution in [3.63, 3.8) is 0 Å². The average Bonchev–Trinajstić information content (AvgIpc) is 3.13. The summed E-state index contributed by atoms with van der Waals surface area (Å²) in [6, 6.07) is 4.06. The molecule has 5 nitrogen and oxygen atoms in total. The second kappa shape index (κ2) is 7.64. The van der Waals surface area contributed by atoms with Crippen LogP contribution in [0.5, 0.6) is 5.75 Å². The van der Waals surface area contributed by atoms with E-state index in [-0.39, 0.29) is 0 Å². The smallest absolute Gasteiger partial charge is 0.181 e. The second-order valence-electron chi connectivity index (χ2n) is 6.66. The SMILES string of the molecule is CCOc1cc2ncnc(C(CC)CC(C)C)c2cc1-c1cnco1. The van der Waals surface area contributed by atoms with Crippen LogP contribution in [0.25, 0.3) is 22.2 Å². The Labute approximate surface area is 148 Å². The van der Waals surface area contributed by atoms with Crippen LogP contribution in [-0.2, 0) is 0 Å². The summed E-state index contributed by atoms with van der Waals surface area (Å²) in [6.45, 7) is 9.26. The summed E-state index contributed by atoms with van der Waals surface area (Å²) in [5.41, 5.74) is 2.89. The first kappa shape index (κ1) is 17.4. The van der Waals surface area contributed by atoms with Gasteiger partial charge in [-0.05, 0) is 31.7 Å². The summed E-state index contributed by atoms with van der Waals surface area (Å²) in [5, 5.41) is 1.06. The largest absolute Gasteiger partial charge is 0.493 e. The summed E-state index contributed by atoms with van der Waals surface area (Å²) < 4.78 is 11.3. The highest BCUT2D eigenvalue weighted by Crippen LogP contribution is 2.37. The summed E-state index contributed by atoms with van der Waals surface area (Å²) >= 11 is 0. The van der Waals surface area contributed by atoms with Crippen LogP contribution in [0.3, 0.4) is 0 Å². The Morgan fingerprint density at radius 2 is 2.00 bits per heavy atom. The highest BCUT2D eigenvalue weighted by molar-refractivity contribution is 5.89. The first-order valence-corrected chi connectivity index (χ1v) is 8.94. The zero-order valence-electron chi connectivity index (χ0n) is 15.3. The summed E-state index contributed by atoms with van der Waals surface area (Å²) in [6.07, 6.45) is 6.96. The fraction of sp³-hybridized carbons (Fsp3) is 0.450. The van der Waals surface area contributed by atoms with Gasteiger partial charge in [0.05, 0.1) is 29.6 Å². The lowest BCUT2D eigenvalue weighted by Gasteiger charge is -2.19. The van der Waals surface area contributed by atoms with Crippen molar-refractivity contribution in [2.45, 2.75) is 46.5 Å². The predicted molar refractivity (Wildman–Crippen MR) is 98.7 cm³/mol. The summed E-state index contributed by atoms with van der Waals surface area (Å²) in [5.74, 6) is 2.47. The molecule has 5 heteroatoms. The number of hydrogen-bond acceptors (Lipinski definition) is 5. The number of nitrogens with zero attached hydrogens (tertiary/aromatic N) is 3. The molecule has 2 heterocycles. The van der Waals surface area contributed by atoms with Crippen LogP contribution in [0.15, 0.2) is 35.5 Å². The molecule has 1 unspecified atom stereocenters. The number of fused-ring (bicyclic) bond motifs is 1. The van der Waals surface area contributed by atoms with E-state index in [2.05, 4.69) is 41.8 Å². The van der Waals surface area contributed by atoms with E-state index in [0.717, 1.165) is 40.8 Å². The molecule has 25 heavy (non-hydrogen) atoms. The van der Waals surface area contributed by atoms with Crippen LogP contribution < -0.4 is 4.74 Å². The molecule has 0 fully saturated rings. The van der Waals surface area contributed by atoms with Crippen LogP contribution in [0, 0.1) is 5.92 Å². The maximum Gasteiger partial charge on any atom is 0.181 e. The zero-order chi connectivity index (χ0) is 17.8. The van der Waals surface area contributed by atoms with Crippen molar-refractivity contribution >= 4 is 10.9 Å². The van der Waals surface area contributed by atoms with Gasteiger partial charge in [-0.25, -0.2) is 15.0 Å². The van der Waals surface area contributed by atoms with Gasteiger partial charge in [-0.3, -0.25) is 0 Å². The van der Waals surface area contributed by atoms with Crippen molar-refractivity contribution in [3.05, 3.63) is 36.7 Å². The van der Waals surface area contributed by atoms with Gasteiger partial charge in [0.25, 0.3) is 0 Å². The van der Waals surface area contributed by atoms with Gasteiger partial charge in [-0.2, -0.15) is 0 Å². The van der Waals surface area contributed by atoms with Crippen LogP contribution in [0.4, 0.5) is 0 Å². The Hall–Kier alpha value is -2.43. The highest BCUT2D eigenvalue weighted by atomic mass is 16.5. The number of aromatic nitrogens is 3. The molecule has 1 atom stereocenters. The Bertz CT molecular complexity index is 828. The molecule has 0 saturated carbocycles. The van der Waals surface area contributed by atoms with Gasteiger partial charge in [0.15, 0.2) is 12.2 Å². The minimum Gasteiger partial charge on any atom is -0.493 e. The van der Waals surface area contributed by atoms with Gasteiger partial charge in [0.2, 0.25) is 0 Å². The molecular formula is C20H25N3O2. The molecule has 132 valence electrons. The normalized spacial score (nSPS) is 12.7. The van der Waals surface area contributed by atoms with Gasteiger partial charge in [0.1, 0.15) is 12.1 Å². The highest BCUT2D eigenvalue weighted by Gasteiger charge is 2.19. The van der Waals surface area contributed by atoms with E-state index < -0.39 is 0 Å². The maximum absolute atomic E-state index is 5.81. The fourth-order valence-corrected chi connectivity index (χ4v) is 3.29. The molecule has 0 aliphatic heterocycles. The quantitative estimate of drug-likeness (QED) is 0.590. The first-order chi connectivity index (χ1) is 12.1. The molecule has 3 rings (SSSR count). The number of benzene rings is 1. The standard InChI is InChI=1S/C20H25N3O2/c1-5-14(7-13(3)4)20-15-8-16(19-10-21-12-25-19)18(24-6-2)9-17(15)22-11-23-20/h8-14H,5-7H2,1-4H3. The van der Waals surface area contributed by atoms with E-state index >= 15 is 0 Å². The van der Waals surface area contributed by atoms with Crippen molar-refractivity contribution in [2.75, 3.05) is 6.61 Å². The van der Waals surface area contributed by atoms with Crippen molar-refractivity contribution in [3.8, 4) is 17.1 Å². The summed E-state index contributed by atoms with van der Waals surface area (Å²) in [7, 11) is 0. The molecule has 0 N–H and O–H groups in total. The fourth-order valence-electron chi connectivity index (χ4n) is 3.29. The molecule has 0 saturated heterocycles. The number of oxazole rings is 1. The van der Waals surface area contributed by atoms with E-state index in [4.69, 9.17) is 9.15 Å². The Balaban J connectivity index is 2.18. The monoisotopic (exact) mass is 339 g/mol. The lowest BCUT2D eigenvalue weighted by atomic mass is 9.89. The van der Waals surface area contributed by atoms with E-state index in [1.54, 1.807) is 12.5 Å². The van der Waals surface area contributed by atoms with Gasteiger partial charge in [-0.15, -0.1) is 0 Å². The van der Waals surface area contributed by atoms with Gasteiger partial charge in [0, 0.05) is 17.4 Å². The topological polar surface area (TPSA) is 61.0 Å². The Kier molecular flexibility index (Phi) is 5.31. The van der Waals surface area contributed by atoms with Crippen molar-refractivity contribution in [1.29, 1.82) is 0 Å².